The van der Waals surface area contributed by atoms with E-state index in [1.807, 2.05) is 19.1 Å². The Balaban J connectivity index is 1.57. The number of fused-ring (bicyclic) bond motifs is 7. The first-order valence-electron chi connectivity index (χ1n) is 10.4. The van der Waals surface area contributed by atoms with E-state index in [1.165, 1.54) is 4.90 Å². The molecular weight excluding hydrogens is 482 g/mol. The molecule has 0 aliphatic carbocycles. The predicted octanol–water partition coefficient (Wildman–Crippen LogP) is 3.84. The van der Waals surface area contributed by atoms with E-state index < -0.39 is 17.4 Å². The number of nitrogens with one attached hydrogen (secondary N) is 1. The standard InChI is InChI=1S/C23H19BrClN3O3/c1-11-15(25)8-7-14-19(11)26-22(31)23(14)18-17(16-6-3-9-27(16)23)20(29)28(21(18)30)13-5-2-4-12(24)10-13/h2,4-5,7-8,10,16-18H,3,6,9H2,1H3,(H,26,31)/t16-,17-,18-,23+/m1/s1. The average Bonchev–Trinajstić information content (AvgIpc) is 3.43. The summed E-state index contributed by atoms with van der Waals surface area (Å²) in [4.78, 5) is 44.6. The van der Waals surface area contributed by atoms with Crippen LogP contribution in [0.2, 0.25) is 5.02 Å². The molecule has 4 aliphatic rings. The van der Waals surface area contributed by atoms with Crippen molar-refractivity contribution in [1.29, 1.82) is 0 Å². The number of amides is 3. The van der Waals surface area contributed by atoms with Gasteiger partial charge in [0.25, 0.3) is 0 Å². The molecule has 6 rings (SSSR count). The van der Waals surface area contributed by atoms with Gasteiger partial charge in [-0.15, -0.1) is 0 Å². The fourth-order valence-corrected chi connectivity index (χ4v) is 6.80. The summed E-state index contributed by atoms with van der Waals surface area (Å²) < 4.78 is 0.786. The molecule has 31 heavy (non-hydrogen) atoms. The minimum absolute atomic E-state index is 0.133. The molecule has 6 nitrogen and oxygen atoms in total. The molecule has 0 bridgehead atoms. The summed E-state index contributed by atoms with van der Waals surface area (Å²) in [5.41, 5.74) is 1.57. The summed E-state index contributed by atoms with van der Waals surface area (Å²) >= 11 is 9.76. The zero-order valence-electron chi connectivity index (χ0n) is 16.7. The van der Waals surface area contributed by atoms with Crippen LogP contribution in [0.15, 0.2) is 40.9 Å². The van der Waals surface area contributed by atoms with Crippen LogP contribution in [0.4, 0.5) is 11.4 Å². The Hall–Kier alpha value is -2.22. The van der Waals surface area contributed by atoms with E-state index in [0.29, 0.717) is 22.9 Å². The molecule has 0 unspecified atom stereocenters. The number of anilines is 2. The normalized spacial score (nSPS) is 31.4. The minimum Gasteiger partial charge on any atom is -0.324 e. The number of carbonyl (C=O) groups is 3. The van der Waals surface area contributed by atoms with E-state index in [9.17, 15) is 14.4 Å². The Morgan fingerprint density at radius 3 is 2.74 bits per heavy atom. The lowest BCUT2D eigenvalue weighted by Gasteiger charge is -2.36. The minimum atomic E-state index is -1.18. The molecule has 1 spiro atoms. The van der Waals surface area contributed by atoms with Crippen LogP contribution >= 0.6 is 27.5 Å². The Kier molecular flexibility index (Phi) is 4.02. The summed E-state index contributed by atoms with van der Waals surface area (Å²) in [5, 5.41) is 3.57. The van der Waals surface area contributed by atoms with Crippen molar-refractivity contribution in [3.63, 3.8) is 0 Å². The van der Waals surface area contributed by atoms with Crippen molar-refractivity contribution >= 4 is 56.6 Å². The number of hydrogen-bond acceptors (Lipinski definition) is 4. The van der Waals surface area contributed by atoms with Gasteiger partial charge >= 0.3 is 0 Å². The lowest BCUT2D eigenvalue weighted by Crippen LogP contribution is -2.54. The maximum Gasteiger partial charge on any atom is 0.250 e. The third-order valence-corrected chi connectivity index (χ3v) is 8.33. The zero-order chi connectivity index (χ0) is 21.7. The summed E-state index contributed by atoms with van der Waals surface area (Å²) in [6, 6.07) is 10.7. The molecule has 2 aromatic rings. The fraction of sp³-hybridized carbons (Fsp3) is 0.348. The Bertz CT molecular complexity index is 1200. The van der Waals surface area contributed by atoms with Gasteiger partial charge in [-0.2, -0.15) is 0 Å². The molecule has 4 heterocycles. The van der Waals surface area contributed by atoms with Gasteiger partial charge in [0.15, 0.2) is 0 Å². The third-order valence-electron chi connectivity index (χ3n) is 7.43. The molecule has 3 fully saturated rings. The van der Waals surface area contributed by atoms with Gasteiger partial charge in [0.05, 0.1) is 23.2 Å². The van der Waals surface area contributed by atoms with Gasteiger partial charge in [-0.3, -0.25) is 19.3 Å². The van der Waals surface area contributed by atoms with Crippen LogP contribution in [0.1, 0.15) is 24.0 Å². The van der Waals surface area contributed by atoms with Gasteiger partial charge in [-0.1, -0.05) is 39.7 Å². The van der Waals surface area contributed by atoms with Crippen LogP contribution in [0.5, 0.6) is 0 Å². The van der Waals surface area contributed by atoms with E-state index in [-0.39, 0.29) is 23.8 Å². The van der Waals surface area contributed by atoms with Gasteiger partial charge in [0, 0.05) is 21.1 Å². The first-order valence-corrected chi connectivity index (χ1v) is 11.6. The second-order valence-corrected chi connectivity index (χ2v) is 10.0. The number of imide groups is 1. The van der Waals surface area contributed by atoms with E-state index in [1.54, 1.807) is 24.3 Å². The number of rotatable bonds is 1. The monoisotopic (exact) mass is 499 g/mol. The van der Waals surface area contributed by atoms with Crippen molar-refractivity contribution in [1.82, 2.24) is 4.90 Å². The van der Waals surface area contributed by atoms with E-state index in [2.05, 4.69) is 26.1 Å². The summed E-state index contributed by atoms with van der Waals surface area (Å²) in [7, 11) is 0. The zero-order valence-corrected chi connectivity index (χ0v) is 19.0. The highest BCUT2D eigenvalue weighted by molar-refractivity contribution is 9.10. The van der Waals surface area contributed by atoms with Crippen molar-refractivity contribution < 1.29 is 14.4 Å². The molecule has 0 aromatic heterocycles. The van der Waals surface area contributed by atoms with Crippen molar-refractivity contribution in [2.75, 3.05) is 16.8 Å². The van der Waals surface area contributed by atoms with Crippen molar-refractivity contribution in [2.24, 2.45) is 11.8 Å². The number of benzene rings is 2. The number of hydrogen-bond donors (Lipinski definition) is 1. The highest BCUT2D eigenvalue weighted by atomic mass is 79.9. The Labute approximate surface area is 192 Å². The van der Waals surface area contributed by atoms with Crippen LogP contribution in [0, 0.1) is 18.8 Å². The van der Waals surface area contributed by atoms with Crippen molar-refractivity contribution in [3.8, 4) is 0 Å². The average molecular weight is 501 g/mol. The lowest BCUT2D eigenvalue weighted by atomic mass is 9.75. The molecule has 8 heteroatoms. The molecule has 158 valence electrons. The van der Waals surface area contributed by atoms with Crippen molar-refractivity contribution in [3.05, 3.63) is 57.0 Å². The maximum absolute atomic E-state index is 13.9. The van der Waals surface area contributed by atoms with Gasteiger partial charge in [-0.05, 0) is 56.1 Å². The molecule has 1 N–H and O–H groups in total. The van der Waals surface area contributed by atoms with Crippen LogP contribution < -0.4 is 10.2 Å². The Morgan fingerprint density at radius 2 is 1.97 bits per heavy atom. The van der Waals surface area contributed by atoms with Gasteiger partial charge < -0.3 is 5.32 Å². The molecule has 3 saturated heterocycles. The number of nitrogens with zero attached hydrogens (tertiary/aromatic N) is 2. The van der Waals surface area contributed by atoms with Gasteiger partial charge in [-0.25, -0.2) is 4.90 Å². The highest BCUT2D eigenvalue weighted by Gasteiger charge is 2.74. The van der Waals surface area contributed by atoms with E-state index >= 15 is 0 Å². The lowest BCUT2D eigenvalue weighted by molar-refractivity contribution is -0.135. The fourth-order valence-electron chi connectivity index (χ4n) is 6.26. The first-order chi connectivity index (χ1) is 14.9. The van der Waals surface area contributed by atoms with Crippen LogP contribution in [0.3, 0.4) is 0 Å². The van der Waals surface area contributed by atoms with Crippen LogP contribution in [-0.4, -0.2) is 35.2 Å². The quantitative estimate of drug-likeness (QED) is 0.604. The van der Waals surface area contributed by atoms with Gasteiger partial charge in [0.2, 0.25) is 17.7 Å². The first kappa shape index (κ1) is 19.5. The maximum atomic E-state index is 13.9. The predicted molar refractivity (Wildman–Crippen MR) is 120 cm³/mol. The summed E-state index contributed by atoms with van der Waals surface area (Å²) in [6.07, 6.45) is 1.69. The highest BCUT2D eigenvalue weighted by Crippen LogP contribution is 2.61. The third kappa shape index (κ3) is 2.24. The van der Waals surface area contributed by atoms with Gasteiger partial charge in [0.1, 0.15) is 5.54 Å². The van der Waals surface area contributed by atoms with E-state index in [4.69, 9.17) is 11.6 Å². The topological polar surface area (TPSA) is 69.7 Å². The van der Waals surface area contributed by atoms with Crippen molar-refractivity contribution in [2.45, 2.75) is 31.3 Å². The molecular formula is C23H19BrClN3O3. The molecule has 0 radical (unpaired) electrons. The Morgan fingerprint density at radius 1 is 1.16 bits per heavy atom. The second-order valence-electron chi connectivity index (χ2n) is 8.71. The molecule has 3 amide bonds. The number of carbonyl (C=O) groups excluding carboxylic acids is 3. The molecule has 0 saturated carbocycles. The smallest absolute Gasteiger partial charge is 0.250 e. The van der Waals surface area contributed by atoms with Crippen LogP contribution in [0.25, 0.3) is 0 Å². The molecule has 2 aromatic carbocycles. The summed E-state index contributed by atoms with van der Waals surface area (Å²) in [5.74, 6) is -2.05. The summed E-state index contributed by atoms with van der Waals surface area (Å²) in [6.45, 7) is 2.55. The second kappa shape index (κ2) is 6.40. The van der Waals surface area contributed by atoms with Crippen LogP contribution in [-0.2, 0) is 19.9 Å². The SMILES string of the molecule is Cc1c(Cl)ccc2c1NC(=O)[C@@]21[C@H]2C(=O)N(c3cccc(Br)c3)C(=O)[C@@H]2[C@H]2CCCN21. The van der Waals surface area contributed by atoms with E-state index in [0.717, 1.165) is 28.4 Å². The molecule has 4 aliphatic heterocycles. The largest absolute Gasteiger partial charge is 0.324 e. The number of halogens is 2. The molecule has 4 atom stereocenters.